The van der Waals surface area contributed by atoms with Gasteiger partial charge in [0, 0.05) is 21.1 Å². The molecule has 0 fully saturated rings. The highest BCUT2D eigenvalue weighted by atomic mass is 79.9. The summed E-state index contributed by atoms with van der Waals surface area (Å²) in [6, 6.07) is 11.6. The standard InChI is InChI=1S/C13H7Br2N3O2/c14-9-1-3-11(15)13(6-9)17-12-4-2-10(18(19)20)5-8(12)7-16/h1-6,17H. The average molecular weight is 397 g/mol. The molecule has 0 heterocycles. The first kappa shape index (κ1) is 14.5. The molecule has 0 radical (unpaired) electrons. The fraction of sp³-hybridized carbons (Fsp3) is 0. The van der Waals surface area contributed by atoms with Crippen molar-refractivity contribution in [2.75, 3.05) is 5.32 Å². The molecule has 2 aromatic carbocycles. The summed E-state index contributed by atoms with van der Waals surface area (Å²) < 4.78 is 1.70. The van der Waals surface area contributed by atoms with Crippen molar-refractivity contribution in [1.82, 2.24) is 0 Å². The zero-order chi connectivity index (χ0) is 14.7. The van der Waals surface area contributed by atoms with Crippen LogP contribution in [0.2, 0.25) is 0 Å². The van der Waals surface area contributed by atoms with Gasteiger partial charge in [-0.05, 0) is 40.2 Å². The van der Waals surface area contributed by atoms with Crippen LogP contribution in [0.3, 0.4) is 0 Å². The Bertz CT molecular complexity index is 726. The molecule has 2 aromatic rings. The maximum atomic E-state index is 10.7. The molecule has 0 aliphatic carbocycles. The quantitative estimate of drug-likeness (QED) is 0.600. The molecule has 0 aromatic heterocycles. The molecule has 0 spiro atoms. The maximum absolute atomic E-state index is 10.7. The van der Waals surface area contributed by atoms with E-state index >= 15 is 0 Å². The van der Waals surface area contributed by atoms with E-state index in [-0.39, 0.29) is 11.3 Å². The van der Waals surface area contributed by atoms with Crippen molar-refractivity contribution in [3.8, 4) is 6.07 Å². The van der Waals surface area contributed by atoms with E-state index in [4.69, 9.17) is 5.26 Å². The molecule has 0 bridgehead atoms. The molecule has 2 rings (SSSR count). The van der Waals surface area contributed by atoms with E-state index in [2.05, 4.69) is 37.2 Å². The molecule has 0 saturated carbocycles. The van der Waals surface area contributed by atoms with Crippen LogP contribution in [0, 0.1) is 21.4 Å². The molecule has 0 atom stereocenters. The van der Waals surface area contributed by atoms with Gasteiger partial charge in [0.25, 0.3) is 5.69 Å². The van der Waals surface area contributed by atoms with Crippen LogP contribution in [0.5, 0.6) is 0 Å². The van der Waals surface area contributed by atoms with E-state index in [0.717, 1.165) is 14.6 Å². The highest BCUT2D eigenvalue weighted by Gasteiger charge is 2.11. The number of anilines is 2. The number of nitrogens with zero attached hydrogens (tertiary/aromatic N) is 2. The highest BCUT2D eigenvalue weighted by molar-refractivity contribution is 9.11. The van der Waals surface area contributed by atoms with Gasteiger partial charge in [0.2, 0.25) is 0 Å². The second-order valence-corrected chi connectivity index (χ2v) is 5.62. The van der Waals surface area contributed by atoms with Crippen molar-refractivity contribution in [1.29, 1.82) is 5.26 Å². The topological polar surface area (TPSA) is 79.0 Å². The van der Waals surface area contributed by atoms with Gasteiger partial charge in [-0.15, -0.1) is 0 Å². The predicted molar refractivity (Wildman–Crippen MR) is 82.9 cm³/mol. The van der Waals surface area contributed by atoms with Gasteiger partial charge in [-0.2, -0.15) is 5.26 Å². The number of hydrogen-bond acceptors (Lipinski definition) is 4. The van der Waals surface area contributed by atoms with Gasteiger partial charge in [-0.1, -0.05) is 15.9 Å². The molecule has 0 saturated heterocycles. The van der Waals surface area contributed by atoms with Gasteiger partial charge in [-0.25, -0.2) is 0 Å². The molecule has 0 amide bonds. The van der Waals surface area contributed by atoms with Crippen molar-refractivity contribution < 1.29 is 4.92 Å². The first-order valence-corrected chi connectivity index (χ1v) is 7.00. The molecule has 5 nitrogen and oxygen atoms in total. The Hall–Kier alpha value is -1.91. The zero-order valence-corrected chi connectivity index (χ0v) is 13.1. The van der Waals surface area contributed by atoms with Crippen molar-refractivity contribution in [2.45, 2.75) is 0 Å². The van der Waals surface area contributed by atoms with E-state index in [1.165, 1.54) is 18.2 Å². The van der Waals surface area contributed by atoms with E-state index in [1.807, 2.05) is 24.3 Å². The number of benzene rings is 2. The first-order chi connectivity index (χ1) is 9.51. The molecule has 20 heavy (non-hydrogen) atoms. The van der Waals surface area contributed by atoms with Gasteiger partial charge >= 0.3 is 0 Å². The number of rotatable bonds is 3. The maximum Gasteiger partial charge on any atom is 0.270 e. The monoisotopic (exact) mass is 395 g/mol. The molecular weight excluding hydrogens is 390 g/mol. The van der Waals surface area contributed by atoms with Crippen LogP contribution in [0.1, 0.15) is 5.56 Å². The van der Waals surface area contributed by atoms with Crippen LogP contribution >= 0.6 is 31.9 Å². The number of nitrogens with one attached hydrogen (secondary N) is 1. The lowest BCUT2D eigenvalue weighted by Crippen LogP contribution is -1.96. The zero-order valence-electron chi connectivity index (χ0n) is 9.93. The summed E-state index contributed by atoms with van der Waals surface area (Å²) >= 11 is 6.76. The van der Waals surface area contributed by atoms with Crippen LogP contribution in [0.25, 0.3) is 0 Å². The fourth-order valence-corrected chi connectivity index (χ4v) is 2.29. The van der Waals surface area contributed by atoms with Gasteiger partial charge in [0.15, 0.2) is 0 Å². The summed E-state index contributed by atoms with van der Waals surface area (Å²) in [6.07, 6.45) is 0. The minimum Gasteiger partial charge on any atom is -0.353 e. The Labute approximate surface area is 131 Å². The Kier molecular flexibility index (Phi) is 4.37. The van der Waals surface area contributed by atoms with Crippen LogP contribution in [0.4, 0.5) is 17.1 Å². The molecule has 1 N–H and O–H groups in total. The minimum absolute atomic E-state index is 0.111. The van der Waals surface area contributed by atoms with Crippen LogP contribution in [-0.2, 0) is 0 Å². The Morgan fingerprint density at radius 2 is 1.90 bits per heavy atom. The van der Waals surface area contributed by atoms with Crippen LogP contribution in [-0.4, -0.2) is 4.92 Å². The second kappa shape index (κ2) is 6.03. The van der Waals surface area contributed by atoms with E-state index < -0.39 is 4.92 Å². The molecule has 0 aliphatic rings. The van der Waals surface area contributed by atoms with Gasteiger partial charge in [0.05, 0.1) is 21.9 Å². The third-order valence-corrected chi connectivity index (χ3v) is 3.72. The van der Waals surface area contributed by atoms with Crippen LogP contribution in [0.15, 0.2) is 45.3 Å². The number of nitro groups is 1. The van der Waals surface area contributed by atoms with Crippen molar-refractivity contribution >= 4 is 48.9 Å². The lowest BCUT2D eigenvalue weighted by atomic mass is 10.1. The van der Waals surface area contributed by atoms with Crippen LogP contribution < -0.4 is 5.32 Å². The van der Waals surface area contributed by atoms with Crippen molar-refractivity contribution in [3.05, 3.63) is 61.0 Å². The van der Waals surface area contributed by atoms with Crippen molar-refractivity contribution in [3.63, 3.8) is 0 Å². The van der Waals surface area contributed by atoms with Gasteiger partial charge in [-0.3, -0.25) is 10.1 Å². The number of nitriles is 1. The van der Waals surface area contributed by atoms with Gasteiger partial charge < -0.3 is 5.32 Å². The second-order valence-electron chi connectivity index (χ2n) is 3.85. The smallest absolute Gasteiger partial charge is 0.270 e. The summed E-state index contributed by atoms with van der Waals surface area (Å²) in [7, 11) is 0. The normalized spacial score (nSPS) is 9.85. The summed E-state index contributed by atoms with van der Waals surface area (Å²) in [5, 5.41) is 22.9. The molecule has 0 unspecified atom stereocenters. The van der Waals surface area contributed by atoms with Gasteiger partial charge in [0.1, 0.15) is 6.07 Å². The molecule has 7 heteroatoms. The molecule has 0 aliphatic heterocycles. The third kappa shape index (κ3) is 3.15. The summed E-state index contributed by atoms with van der Waals surface area (Å²) in [5.41, 5.74) is 1.37. The number of non-ortho nitro benzene ring substituents is 1. The molecule has 100 valence electrons. The van der Waals surface area contributed by atoms with E-state index in [9.17, 15) is 10.1 Å². The minimum atomic E-state index is -0.528. The lowest BCUT2D eigenvalue weighted by molar-refractivity contribution is -0.384. The average Bonchev–Trinajstić information content (AvgIpc) is 2.43. The highest BCUT2D eigenvalue weighted by Crippen LogP contribution is 2.31. The van der Waals surface area contributed by atoms with E-state index in [1.54, 1.807) is 0 Å². The van der Waals surface area contributed by atoms with Crippen molar-refractivity contribution in [2.24, 2.45) is 0 Å². The summed E-state index contributed by atoms with van der Waals surface area (Å²) in [5.74, 6) is 0. The Morgan fingerprint density at radius 1 is 1.15 bits per heavy atom. The van der Waals surface area contributed by atoms with E-state index in [0.29, 0.717) is 5.69 Å². The third-order valence-electron chi connectivity index (χ3n) is 2.53. The lowest BCUT2D eigenvalue weighted by Gasteiger charge is -2.10. The fourth-order valence-electron chi connectivity index (χ4n) is 1.59. The first-order valence-electron chi connectivity index (χ1n) is 5.42. The number of hydrogen-bond donors (Lipinski definition) is 1. The Balaban J connectivity index is 2.41. The SMILES string of the molecule is N#Cc1cc([N+](=O)[O-])ccc1Nc1cc(Br)ccc1Br. The number of nitro benzene ring substituents is 1. The molecular formula is C13H7Br2N3O2. The number of halogens is 2. The summed E-state index contributed by atoms with van der Waals surface area (Å²) in [6.45, 7) is 0. The predicted octanol–water partition coefficient (Wildman–Crippen LogP) is 4.74. The largest absolute Gasteiger partial charge is 0.353 e. The summed E-state index contributed by atoms with van der Waals surface area (Å²) in [4.78, 5) is 10.2. The Morgan fingerprint density at radius 3 is 2.55 bits per heavy atom.